The summed E-state index contributed by atoms with van der Waals surface area (Å²) in [5.74, 6) is -0.395. The Bertz CT molecular complexity index is 417. The third kappa shape index (κ3) is 3.88. The van der Waals surface area contributed by atoms with Gasteiger partial charge in [0.15, 0.2) is 0 Å². The average Bonchev–Trinajstić information content (AvgIpc) is 2.22. The first-order chi connectivity index (χ1) is 8.41. The maximum Gasteiger partial charge on any atom is 0.261 e. The topological polar surface area (TPSA) is 104 Å². The van der Waals surface area contributed by atoms with Gasteiger partial charge in [0.2, 0.25) is 0 Å². The number of primary amides is 1. The minimum Gasteiger partial charge on any atom is -0.383 e. The van der Waals surface area contributed by atoms with E-state index in [1.807, 2.05) is 0 Å². The summed E-state index contributed by atoms with van der Waals surface area (Å²) >= 11 is 0. The highest BCUT2D eigenvalue weighted by Gasteiger charge is 2.14. The largest absolute Gasteiger partial charge is 0.383 e. The highest BCUT2D eigenvalue weighted by Crippen LogP contribution is 2.12. The predicted molar refractivity (Wildman–Crippen MR) is 60.2 cm³/mol. The van der Waals surface area contributed by atoms with Gasteiger partial charge in [0.25, 0.3) is 12.3 Å². The summed E-state index contributed by atoms with van der Waals surface area (Å²) in [5.41, 5.74) is 11.1. The lowest BCUT2D eigenvalue weighted by Crippen LogP contribution is -2.19. The van der Waals surface area contributed by atoms with E-state index in [-0.39, 0.29) is 24.4 Å². The molecule has 0 radical (unpaired) electrons. The zero-order valence-corrected chi connectivity index (χ0v) is 9.82. The highest BCUT2D eigenvalue weighted by molar-refractivity contribution is 5.98. The van der Waals surface area contributed by atoms with Crippen molar-refractivity contribution in [3.63, 3.8) is 0 Å². The molecule has 8 heteroatoms. The minimum atomic E-state index is -2.50. The summed E-state index contributed by atoms with van der Waals surface area (Å²) in [5, 5.41) is 0. The van der Waals surface area contributed by atoms with Gasteiger partial charge >= 0.3 is 0 Å². The van der Waals surface area contributed by atoms with Gasteiger partial charge < -0.3 is 16.2 Å². The van der Waals surface area contributed by atoms with Gasteiger partial charge in [-0.1, -0.05) is 0 Å². The van der Waals surface area contributed by atoms with Gasteiger partial charge in [-0.2, -0.15) is 0 Å². The molecule has 0 fully saturated rings. The second kappa shape index (κ2) is 6.20. The molecule has 1 heterocycles. The molecule has 1 amide bonds. The van der Waals surface area contributed by atoms with Gasteiger partial charge in [0.1, 0.15) is 23.8 Å². The Hall–Kier alpha value is -1.83. The summed E-state index contributed by atoms with van der Waals surface area (Å²) in [6.07, 6.45) is -2.27. The summed E-state index contributed by atoms with van der Waals surface area (Å²) in [7, 11) is 0. The third-order valence-corrected chi connectivity index (χ3v) is 2.12. The van der Waals surface area contributed by atoms with E-state index in [9.17, 15) is 13.6 Å². The SMILES string of the molecule is Cc1nc(CCOCC(F)F)nc(N)c1C(N)=O. The highest BCUT2D eigenvalue weighted by atomic mass is 19.3. The number of nitrogens with zero attached hydrogens (tertiary/aromatic N) is 2. The molecule has 100 valence electrons. The first kappa shape index (κ1) is 14.2. The second-order valence-corrected chi connectivity index (χ2v) is 3.57. The molecule has 0 unspecified atom stereocenters. The molecule has 1 aromatic heterocycles. The van der Waals surface area contributed by atoms with Crippen molar-refractivity contribution in [2.45, 2.75) is 19.8 Å². The Kier molecular flexibility index (Phi) is 4.90. The number of aryl methyl sites for hydroxylation is 1. The lowest BCUT2D eigenvalue weighted by atomic mass is 10.2. The van der Waals surface area contributed by atoms with E-state index >= 15 is 0 Å². The lowest BCUT2D eigenvalue weighted by molar-refractivity contribution is 0.0183. The van der Waals surface area contributed by atoms with Crippen molar-refractivity contribution in [1.29, 1.82) is 0 Å². The second-order valence-electron chi connectivity index (χ2n) is 3.57. The van der Waals surface area contributed by atoms with Crippen LogP contribution in [0.1, 0.15) is 21.9 Å². The third-order valence-electron chi connectivity index (χ3n) is 2.12. The number of carbonyl (C=O) groups is 1. The van der Waals surface area contributed by atoms with Crippen molar-refractivity contribution in [2.75, 3.05) is 18.9 Å². The number of ether oxygens (including phenoxy) is 1. The summed E-state index contributed by atoms with van der Waals surface area (Å²) < 4.78 is 28.3. The fourth-order valence-corrected chi connectivity index (χ4v) is 1.41. The van der Waals surface area contributed by atoms with Crippen molar-refractivity contribution in [2.24, 2.45) is 5.73 Å². The van der Waals surface area contributed by atoms with Crippen molar-refractivity contribution < 1.29 is 18.3 Å². The van der Waals surface area contributed by atoms with E-state index in [1.165, 1.54) is 0 Å². The summed E-state index contributed by atoms with van der Waals surface area (Å²) in [4.78, 5) is 18.9. The zero-order valence-electron chi connectivity index (χ0n) is 9.82. The van der Waals surface area contributed by atoms with Crippen LogP contribution in [0.3, 0.4) is 0 Å². The van der Waals surface area contributed by atoms with Gasteiger partial charge in [0.05, 0.1) is 12.3 Å². The van der Waals surface area contributed by atoms with E-state index in [0.717, 1.165) is 0 Å². The standard InChI is InChI=1S/C10H14F2N4O2/c1-5-8(10(14)17)9(13)16-7(15-5)2-3-18-4-6(11)12/h6H,2-4H2,1H3,(H2,14,17)(H2,13,15,16). The Balaban J connectivity index is 2.66. The average molecular weight is 260 g/mol. The molecule has 0 bridgehead atoms. The number of nitrogens with two attached hydrogens (primary N) is 2. The maximum absolute atomic E-state index is 11.8. The van der Waals surface area contributed by atoms with E-state index in [2.05, 4.69) is 9.97 Å². The molecule has 1 aromatic rings. The summed E-state index contributed by atoms with van der Waals surface area (Å²) in [6, 6.07) is 0. The van der Waals surface area contributed by atoms with Crippen LogP contribution in [0.5, 0.6) is 0 Å². The Morgan fingerprint density at radius 3 is 2.61 bits per heavy atom. The van der Waals surface area contributed by atoms with Gasteiger partial charge in [-0.3, -0.25) is 4.79 Å². The summed E-state index contributed by atoms with van der Waals surface area (Å²) in [6.45, 7) is 0.995. The molecule has 0 saturated heterocycles. The van der Waals surface area contributed by atoms with Gasteiger partial charge in [-0.25, -0.2) is 18.7 Å². The molecule has 4 N–H and O–H groups in total. The molecule has 18 heavy (non-hydrogen) atoms. The Morgan fingerprint density at radius 2 is 2.11 bits per heavy atom. The quantitative estimate of drug-likeness (QED) is 0.715. The van der Waals surface area contributed by atoms with Crippen LogP contribution in [-0.4, -0.2) is 35.5 Å². The van der Waals surface area contributed by atoms with Gasteiger partial charge in [-0.15, -0.1) is 0 Å². The Labute approximate surface area is 102 Å². The van der Waals surface area contributed by atoms with E-state index < -0.39 is 18.9 Å². The normalized spacial score (nSPS) is 10.9. The van der Waals surface area contributed by atoms with Crippen LogP contribution in [0.2, 0.25) is 0 Å². The molecule has 0 saturated carbocycles. The monoisotopic (exact) mass is 260 g/mol. The van der Waals surface area contributed by atoms with Crippen LogP contribution in [0.15, 0.2) is 0 Å². The number of alkyl halides is 2. The number of amides is 1. The Morgan fingerprint density at radius 1 is 1.44 bits per heavy atom. The predicted octanol–water partition coefficient (Wildman–Crippen LogP) is 0.290. The number of anilines is 1. The first-order valence-electron chi connectivity index (χ1n) is 5.20. The molecule has 0 atom stereocenters. The van der Waals surface area contributed by atoms with E-state index in [0.29, 0.717) is 11.5 Å². The number of carbonyl (C=O) groups excluding carboxylic acids is 1. The minimum absolute atomic E-state index is 0.0149. The number of halogens is 2. The molecule has 0 aliphatic carbocycles. The molecular formula is C10H14F2N4O2. The van der Waals surface area contributed by atoms with Crippen molar-refractivity contribution in [3.8, 4) is 0 Å². The first-order valence-corrected chi connectivity index (χ1v) is 5.20. The van der Waals surface area contributed by atoms with Crippen LogP contribution in [0.25, 0.3) is 0 Å². The molecule has 0 spiro atoms. The number of aromatic nitrogens is 2. The zero-order chi connectivity index (χ0) is 13.7. The van der Waals surface area contributed by atoms with Crippen molar-refractivity contribution in [3.05, 3.63) is 17.1 Å². The number of hydrogen-bond acceptors (Lipinski definition) is 5. The van der Waals surface area contributed by atoms with Crippen LogP contribution >= 0.6 is 0 Å². The molecular weight excluding hydrogens is 246 g/mol. The van der Waals surface area contributed by atoms with Crippen LogP contribution in [0.4, 0.5) is 14.6 Å². The van der Waals surface area contributed by atoms with Crippen molar-refractivity contribution in [1.82, 2.24) is 9.97 Å². The fraction of sp³-hybridized carbons (Fsp3) is 0.500. The van der Waals surface area contributed by atoms with Gasteiger partial charge in [0, 0.05) is 6.42 Å². The fourth-order valence-electron chi connectivity index (χ4n) is 1.41. The van der Waals surface area contributed by atoms with E-state index in [4.69, 9.17) is 16.2 Å². The molecule has 0 aliphatic rings. The molecule has 6 nitrogen and oxygen atoms in total. The smallest absolute Gasteiger partial charge is 0.261 e. The maximum atomic E-state index is 11.8. The number of nitrogen functional groups attached to an aromatic ring is 1. The van der Waals surface area contributed by atoms with E-state index in [1.54, 1.807) is 6.92 Å². The van der Waals surface area contributed by atoms with Gasteiger partial charge in [-0.05, 0) is 6.92 Å². The van der Waals surface area contributed by atoms with Crippen LogP contribution in [0, 0.1) is 6.92 Å². The molecule has 0 aliphatic heterocycles. The molecule has 0 aromatic carbocycles. The number of hydrogen-bond donors (Lipinski definition) is 2. The molecule has 1 rings (SSSR count). The van der Waals surface area contributed by atoms with Crippen LogP contribution < -0.4 is 11.5 Å². The number of rotatable bonds is 6. The van der Waals surface area contributed by atoms with Crippen LogP contribution in [-0.2, 0) is 11.2 Å². The van der Waals surface area contributed by atoms with Crippen molar-refractivity contribution >= 4 is 11.7 Å². The lowest BCUT2D eigenvalue weighted by Gasteiger charge is -2.08.